The second-order valence-corrected chi connectivity index (χ2v) is 2.44. The van der Waals surface area contributed by atoms with E-state index in [-0.39, 0.29) is 11.5 Å². The molecule has 66 valence electrons. The van der Waals surface area contributed by atoms with E-state index in [2.05, 4.69) is 4.98 Å². The molecule has 0 saturated carbocycles. The van der Waals surface area contributed by atoms with Crippen molar-refractivity contribution in [3.63, 3.8) is 0 Å². The molecule has 0 bridgehead atoms. The molecule has 0 aliphatic heterocycles. The number of hydrogen-bond acceptors (Lipinski definition) is 3. The number of rotatable bonds is 2. The number of nitrogens with zero attached hydrogens (tertiary/aromatic N) is 2. The third-order valence-corrected chi connectivity index (χ3v) is 1.72. The van der Waals surface area contributed by atoms with E-state index in [1.807, 2.05) is 6.92 Å². The molecular formula is C7H11N3O2. The quantitative estimate of drug-likeness (QED) is 0.675. The highest BCUT2D eigenvalue weighted by Gasteiger charge is 2.15. The van der Waals surface area contributed by atoms with Crippen LogP contribution in [0.25, 0.3) is 0 Å². The number of carboxylic acid groups (broad SMARTS) is 1. The van der Waals surface area contributed by atoms with Gasteiger partial charge in [0.05, 0.1) is 0 Å². The minimum atomic E-state index is -1.08. The van der Waals surface area contributed by atoms with Crippen LogP contribution in [0.1, 0.15) is 23.2 Å². The van der Waals surface area contributed by atoms with Crippen LogP contribution in [0, 0.1) is 6.92 Å². The van der Waals surface area contributed by atoms with E-state index in [1.165, 1.54) is 0 Å². The van der Waals surface area contributed by atoms with Crippen LogP contribution in [0.2, 0.25) is 0 Å². The molecule has 0 aromatic carbocycles. The van der Waals surface area contributed by atoms with Gasteiger partial charge >= 0.3 is 5.97 Å². The summed E-state index contributed by atoms with van der Waals surface area (Å²) in [6, 6.07) is 0. The highest BCUT2D eigenvalue weighted by molar-refractivity contribution is 5.90. The molecule has 0 aliphatic carbocycles. The van der Waals surface area contributed by atoms with Crippen LogP contribution >= 0.6 is 0 Å². The molecular weight excluding hydrogens is 158 g/mol. The zero-order chi connectivity index (χ0) is 9.30. The van der Waals surface area contributed by atoms with Crippen molar-refractivity contribution in [3.05, 3.63) is 11.5 Å². The summed E-state index contributed by atoms with van der Waals surface area (Å²) in [6.07, 6.45) is 0. The number of anilines is 1. The number of nitrogen functional groups attached to an aromatic ring is 1. The van der Waals surface area contributed by atoms with Gasteiger partial charge in [-0.3, -0.25) is 0 Å². The summed E-state index contributed by atoms with van der Waals surface area (Å²) in [4.78, 5) is 14.4. The molecule has 1 rings (SSSR count). The van der Waals surface area contributed by atoms with Crippen molar-refractivity contribution in [2.75, 3.05) is 5.73 Å². The van der Waals surface area contributed by atoms with Gasteiger partial charge in [-0.2, -0.15) is 0 Å². The van der Waals surface area contributed by atoms with Crippen LogP contribution in [0.4, 0.5) is 5.82 Å². The summed E-state index contributed by atoms with van der Waals surface area (Å²) in [5, 5.41) is 8.64. The summed E-state index contributed by atoms with van der Waals surface area (Å²) in [7, 11) is 0. The first-order valence-corrected chi connectivity index (χ1v) is 3.63. The Morgan fingerprint density at radius 2 is 2.33 bits per heavy atom. The molecule has 0 aliphatic rings. The van der Waals surface area contributed by atoms with Gasteiger partial charge in [-0.1, -0.05) is 0 Å². The molecule has 1 aromatic rings. The number of imidazole rings is 1. The first-order chi connectivity index (χ1) is 5.57. The number of hydrogen-bond donors (Lipinski definition) is 2. The molecule has 0 spiro atoms. The van der Waals surface area contributed by atoms with E-state index in [0.29, 0.717) is 12.4 Å². The number of aryl methyl sites for hydroxylation is 1. The van der Waals surface area contributed by atoms with E-state index >= 15 is 0 Å². The van der Waals surface area contributed by atoms with E-state index in [1.54, 1.807) is 11.5 Å². The van der Waals surface area contributed by atoms with E-state index in [0.717, 1.165) is 0 Å². The Labute approximate surface area is 69.8 Å². The van der Waals surface area contributed by atoms with Crippen LogP contribution in [0.15, 0.2) is 0 Å². The molecule has 0 saturated heterocycles. The summed E-state index contributed by atoms with van der Waals surface area (Å²) in [6.45, 7) is 4.25. The average molecular weight is 169 g/mol. The second kappa shape index (κ2) is 2.84. The fraction of sp³-hybridized carbons (Fsp3) is 0.429. The lowest BCUT2D eigenvalue weighted by molar-refractivity contribution is 0.0692. The van der Waals surface area contributed by atoms with Crippen molar-refractivity contribution in [3.8, 4) is 0 Å². The number of nitrogens with two attached hydrogens (primary N) is 1. The van der Waals surface area contributed by atoms with Crippen LogP contribution in [0.5, 0.6) is 0 Å². The highest BCUT2D eigenvalue weighted by Crippen LogP contribution is 2.13. The second-order valence-electron chi connectivity index (χ2n) is 2.44. The largest absolute Gasteiger partial charge is 0.476 e. The van der Waals surface area contributed by atoms with Crippen LogP contribution in [-0.4, -0.2) is 20.6 Å². The molecule has 5 nitrogen and oxygen atoms in total. The fourth-order valence-corrected chi connectivity index (χ4v) is 1.14. The minimum absolute atomic E-state index is 0.0608. The maximum absolute atomic E-state index is 10.5. The molecule has 0 radical (unpaired) electrons. The number of aromatic carboxylic acids is 1. The summed E-state index contributed by atoms with van der Waals surface area (Å²) < 4.78 is 1.66. The van der Waals surface area contributed by atoms with Crippen molar-refractivity contribution in [1.82, 2.24) is 9.55 Å². The first kappa shape index (κ1) is 8.58. The predicted octanol–water partition coefficient (Wildman–Crippen LogP) is 0.492. The van der Waals surface area contributed by atoms with Gasteiger partial charge in [-0.15, -0.1) is 0 Å². The Kier molecular flexibility index (Phi) is 2.03. The maximum atomic E-state index is 10.5. The van der Waals surface area contributed by atoms with E-state index < -0.39 is 5.97 Å². The molecule has 0 unspecified atom stereocenters. The van der Waals surface area contributed by atoms with Gasteiger partial charge in [0.1, 0.15) is 11.6 Å². The van der Waals surface area contributed by atoms with Crippen LogP contribution in [-0.2, 0) is 6.54 Å². The van der Waals surface area contributed by atoms with Gasteiger partial charge in [0.2, 0.25) is 0 Å². The van der Waals surface area contributed by atoms with Gasteiger partial charge in [0.15, 0.2) is 5.69 Å². The Hall–Kier alpha value is -1.52. The van der Waals surface area contributed by atoms with Gasteiger partial charge in [-0.25, -0.2) is 9.78 Å². The molecule has 0 amide bonds. The predicted molar refractivity (Wildman–Crippen MR) is 44.0 cm³/mol. The van der Waals surface area contributed by atoms with E-state index in [4.69, 9.17) is 10.8 Å². The smallest absolute Gasteiger partial charge is 0.358 e. The van der Waals surface area contributed by atoms with Crippen LogP contribution in [0.3, 0.4) is 0 Å². The Balaban J connectivity index is 3.26. The summed E-state index contributed by atoms with van der Waals surface area (Å²) >= 11 is 0. The number of carboxylic acids is 1. The lowest BCUT2D eigenvalue weighted by atomic mass is 10.4. The Morgan fingerprint density at radius 1 is 1.75 bits per heavy atom. The van der Waals surface area contributed by atoms with Crippen molar-refractivity contribution in [2.45, 2.75) is 20.4 Å². The lowest BCUT2D eigenvalue weighted by Gasteiger charge is -2.01. The molecule has 12 heavy (non-hydrogen) atoms. The molecule has 1 aromatic heterocycles. The van der Waals surface area contributed by atoms with Gasteiger partial charge < -0.3 is 15.4 Å². The third kappa shape index (κ3) is 1.13. The zero-order valence-electron chi connectivity index (χ0n) is 7.03. The first-order valence-electron chi connectivity index (χ1n) is 3.63. The standard InChI is InChI=1S/C7H11N3O2/c1-3-10-4(2)9-5(6(10)8)7(11)12/h3,8H2,1-2H3,(H,11,12). The zero-order valence-corrected chi connectivity index (χ0v) is 7.03. The molecule has 3 N–H and O–H groups in total. The summed E-state index contributed by atoms with van der Waals surface area (Å²) in [5.74, 6) is -0.224. The van der Waals surface area contributed by atoms with Crippen molar-refractivity contribution < 1.29 is 9.90 Å². The highest BCUT2D eigenvalue weighted by atomic mass is 16.4. The molecule has 0 atom stereocenters. The molecule has 1 heterocycles. The number of aromatic nitrogens is 2. The van der Waals surface area contributed by atoms with Gasteiger partial charge in [0, 0.05) is 6.54 Å². The number of carbonyl (C=O) groups is 1. The molecule has 5 heteroatoms. The Morgan fingerprint density at radius 3 is 2.58 bits per heavy atom. The van der Waals surface area contributed by atoms with Crippen molar-refractivity contribution >= 4 is 11.8 Å². The normalized spacial score (nSPS) is 10.2. The fourth-order valence-electron chi connectivity index (χ4n) is 1.14. The lowest BCUT2D eigenvalue weighted by Crippen LogP contribution is -2.05. The summed E-state index contributed by atoms with van der Waals surface area (Å²) in [5.41, 5.74) is 5.47. The third-order valence-electron chi connectivity index (χ3n) is 1.72. The van der Waals surface area contributed by atoms with Crippen molar-refractivity contribution in [1.29, 1.82) is 0 Å². The minimum Gasteiger partial charge on any atom is -0.476 e. The van der Waals surface area contributed by atoms with Gasteiger partial charge in [0.25, 0.3) is 0 Å². The topological polar surface area (TPSA) is 81.1 Å². The SMILES string of the molecule is CCn1c(C)nc(C(=O)O)c1N. The monoisotopic (exact) mass is 169 g/mol. The maximum Gasteiger partial charge on any atom is 0.358 e. The average Bonchev–Trinajstić information content (AvgIpc) is 2.27. The van der Waals surface area contributed by atoms with Crippen molar-refractivity contribution in [2.24, 2.45) is 0 Å². The van der Waals surface area contributed by atoms with Crippen LogP contribution < -0.4 is 5.73 Å². The van der Waals surface area contributed by atoms with Gasteiger partial charge in [-0.05, 0) is 13.8 Å². The molecule has 0 fully saturated rings. The van der Waals surface area contributed by atoms with E-state index in [9.17, 15) is 4.79 Å². The Bertz CT molecular complexity index is 317.